The molecule has 0 bridgehead atoms. The third kappa shape index (κ3) is 3.75. The number of hydrogen-bond donors (Lipinski definition) is 2. The van der Waals surface area contributed by atoms with E-state index in [1.165, 1.54) is 42.5 Å². The summed E-state index contributed by atoms with van der Waals surface area (Å²) in [5.41, 5.74) is 0.802. The molecule has 5 nitrogen and oxygen atoms in total. The van der Waals surface area contributed by atoms with E-state index < -0.39 is 34.6 Å². The van der Waals surface area contributed by atoms with Gasteiger partial charge in [0.2, 0.25) is 0 Å². The molecule has 2 N–H and O–H groups in total. The van der Waals surface area contributed by atoms with E-state index >= 15 is 0 Å². The molecule has 4 aromatic rings. The smallest absolute Gasteiger partial charge is 0.339 e. The van der Waals surface area contributed by atoms with E-state index in [-0.39, 0.29) is 17.7 Å². The molecule has 0 unspecified atom stereocenters. The number of benzene rings is 3. The summed E-state index contributed by atoms with van der Waals surface area (Å²) in [6.45, 7) is 3.57. The highest BCUT2D eigenvalue weighted by Crippen LogP contribution is 2.45. The van der Waals surface area contributed by atoms with Crippen molar-refractivity contribution in [3.8, 4) is 28.6 Å². The largest absolute Gasteiger partial charge is 0.507 e. The first-order chi connectivity index (χ1) is 16.0. The van der Waals surface area contributed by atoms with Crippen molar-refractivity contribution in [2.24, 2.45) is 0 Å². The van der Waals surface area contributed by atoms with Gasteiger partial charge in [-0.2, -0.15) is 5.26 Å². The first-order valence-corrected chi connectivity index (χ1v) is 10.3. The van der Waals surface area contributed by atoms with Crippen LogP contribution in [0, 0.1) is 28.8 Å². The van der Waals surface area contributed by atoms with E-state index in [0.717, 1.165) is 12.1 Å². The number of phenols is 1. The Balaban J connectivity index is 2.18. The van der Waals surface area contributed by atoms with Crippen LogP contribution >= 0.6 is 0 Å². The van der Waals surface area contributed by atoms with Crippen LogP contribution in [0.5, 0.6) is 5.75 Å². The minimum Gasteiger partial charge on any atom is -0.507 e. The van der Waals surface area contributed by atoms with Gasteiger partial charge in [0.1, 0.15) is 17.1 Å². The third-order valence-corrected chi connectivity index (χ3v) is 5.77. The third-order valence-electron chi connectivity index (χ3n) is 5.77. The molecular weight excluding hydrogens is 445 g/mol. The lowest BCUT2D eigenvalue weighted by Gasteiger charge is -2.26. The van der Waals surface area contributed by atoms with Gasteiger partial charge < -0.3 is 14.8 Å². The number of carboxylic acid groups (broad SMARTS) is 1. The predicted molar refractivity (Wildman–Crippen MR) is 120 cm³/mol. The molecule has 34 heavy (non-hydrogen) atoms. The molecular formula is C26H19F3N2O3. The lowest BCUT2D eigenvalue weighted by atomic mass is 9.81. The van der Waals surface area contributed by atoms with Crippen molar-refractivity contribution < 1.29 is 28.2 Å². The Morgan fingerprint density at radius 1 is 1.03 bits per heavy atom. The first-order valence-electron chi connectivity index (χ1n) is 10.3. The lowest BCUT2D eigenvalue weighted by Crippen LogP contribution is -2.22. The van der Waals surface area contributed by atoms with Crippen molar-refractivity contribution in [3.63, 3.8) is 0 Å². The van der Waals surface area contributed by atoms with Crippen molar-refractivity contribution in [2.45, 2.75) is 25.7 Å². The molecule has 0 amide bonds. The van der Waals surface area contributed by atoms with Crippen LogP contribution in [0.3, 0.4) is 0 Å². The van der Waals surface area contributed by atoms with E-state index in [0.29, 0.717) is 27.7 Å². The maximum atomic E-state index is 14.4. The average molecular weight is 464 g/mol. The summed E-state index contributed by atoms with van der Waals surface area (Å²) >= 11 is 0. The quantitative estimate of drug-likeness (QED) is 0.362. The molecule has 0 aliphatic heterocycles. The predicted octanol–water partition coefficient (Wildman–Crippen LogP) is 6.31. The Labute approximate surface area is 192 Å². The van der Waals surface area contributed by atoms with E-state index in [1.54, 1.807) is 18.4 Å². The molecule has 0 aliphatic carbocycles. The Kier molecular flexibility index (Phi) is 5.57. The molecule has 0 aliphatic rings. The Hall–Kier alpha value is -4.25. The van der Waals surface area contributed by atoms with Gasteiger partial charge in [-0.25, -0.2) is 18.0 Å². The van der Waals surface area contributed by atoms with Crippen molar-refractivity contribution >= 4 is 16.9 Å². The molecule has 1 aromatic heterocycles. The van der Waals surface area contributed by atoms with Gasteiger partial charge in [0, 0.05) is 40.2 Å². The second-order valence-corrected chi connectivity index (χ2v) is 8.57. The molecule has 4 rings (SSSR count). The molecule has 0 saturated carbocycles. The highest BCUT2D eigenvalue weighted by molar-refractivity contribution is 6.01. The summed E-state index contributed by atoms with van der Waals surface area (Å²) in [6.07, 6.45) is 0.0294. The first kappa shape index (κ1) is 22.9. The summed E-state index contributed by atoms with van der Waals surface area (Å²) in [4.78, 5) is 11.4. The monoisotopic (exact) mass is 464 g/mol. The van der Waals surface area contributed by atoms with Crippen LogP contribution in [0.4, 0.5) is 13.2 Å². The van der Waals surface area contributed by atoms with Crippen molar-refractivity contribution in [1.82, 2.24) is 4.57 Å². The van der Waals surface area contributed by atoms with Gasteiger partial charge in [0.25, 0.3) is 0 Å². The number of carboxylic acids is 1. The van der Waals surface area contributed by atoms with Gasteiger partial charge in [0.15, 0.2) is 11.6 Å². The van der Waals surface area contributed by atoms with Crippen molar-refractivity contribution in [1.29, 1.82) is 5.26 Å². The van der Waals surface area contributed by atoms with Crippen LogP contribution < -0.4 is 0 Å². The molecule has 172 valence electrons. The number of halogens is 3. The molecule has 0 atom stereocenters. The van der Waals surface area contributed by atoms with Crippen molar-refractivity contribution in [2.75, 3.05) is 0 Å². The molecule has 0 fully saturated rings. The SMILES string of the molecule is CC(C)(CC#N)c1c(-c2ccc(C(=O)O)c(O)c2)c2ccc(F)cc2n1-c1ccc(F)c(F)c1. The second kappa shape index (κ2) is 8.27. The number of aromatic carboxylic acids is 1. The number of aromatic nitrogens is 1. The van der Waals surface area contributed by atoms with Crippen LogP contribution in [-0.2, 0) is 5.41 Å². The summed E-state index contributed by atoms with van der Waals surface area (Å²) in [7, 11) is 0. The fourth-order valence-corrected chi connectivity index (χ4v) is 4.24. The number of nitrogens with zero attached hydrogens (tertiary/aromatic N) is 2. The van der Waals surface area contributed by atoms with Gasteiger partial charge in [-0.15, -0.1) is 0 Å². The average Bonchev–Trinajstić information content (AvgIpc) is 3.10. The Morgan fingerprint density at radius 3 is 2.38 bits per heavy atom. The summed E-state index contributed by atoms with van der Waals surface area (Å²) < 4.78 is 43.9. The number of aromatic hydroxyl groups is 1. The fraction of sp³-hybridized carbons (Fsp3) is 0.154. The number of carbonyl (C=O) groups is 1. The van der Waals surface area contributed by atoms with Crippen LogP contribution in [0.2, 0.25) is 0 Å². The second-order valence-electron chi connectivity index (χ2n) is 8.57. The molecule has 1 heterocycles. The topological polar surface area (TPSA) is 86.2 Å². The Bertz CT molecular complexity index is 1500. The zero-order valence-corrected chi connectivity index (χ0v) is 18.2. The van der Waals surface area contributed by atoms with Crippen LogP contribution in [-0.4, -0.2) is 20.7 Å². The van der Waals surface area contributed by atoms with Crippen LogP contribution in [0.25, 0.3) is 27.7 Å². The number of hydrogen-bond acceptors (Lipinski definition) is 3. The van der Waals surface area contributed by atoms with E-state index in [4.69, 9.17) is 0 Å². The molecule has 3 aromatic carbocycles. The van der Waals surface area contributed by atoms with Crippen LogP contribution in [0.15, 0.2) is 54.6 Å². The molecule has 0 radical (unpaired) electrons. The Morgan fingerprint density at radius 2 is 1.76 bits per heavy atom. The summed E-state index contributed by atoms with van der Waals surface area (Å²) in [5.74, 6) is -4.47. The zero-order valence-electron chi connectivity index (χ0n) is 18.2. The number of fused-ring (bicyclic) bond motifs is 1. The van der Waals surface area contributed by atoms with Gasteiger partial charge in [-0.1, -0.05) is 19.9 Å². The normalized spacial score (nSPS) is 11.5. The minimum atomic E-state index is -1.31. The van der Waals surface area contributed by atoms with E-state index in [2.05, 4.69) is 6.07 Å². The van der Waals surface area contributed by atoms with Crippen LogP contribution in [0.1, 0.15) is 36.3 Å². The summed E-state index contributed by atoms with van der Waals surface area (Å²) in [6, 6.07) is 13.5. The maximum Gasteiger partial charge on any atom is 0.339 e. The van der Waals surface area contributed by atoms with Gasteiger partial charge in [0.05, 0.1) is 11.6 Å². The zero-order chi connectivity index (χ0) is 24.8. The molecule has 0 spiro atoms. The minimum absolute atomic E-state index is 0.0294. The van der Waals surface area contributed by atoms with E-state index in [9.17, 15) is 33.4 Å². The van der Waals surface area contributed by atoms with E-state index in [1.807, 2.05) is 0 Å². The summed E-state index contributed by atoms with van der Waals surface area (Å²) in [5, 5.41) is 29.6. The van der Waals surface area contributed by atoms with Gasteiger partial charge in [-0.05, 0) is 48.0 Å². The van der Waals surface area contributed by atoms with Gasteiger partial charge >= 0.3 is 5.97 Å². The lowest BCUT2D eigenvalue weighted by molar-refractivity contribution is 0.0693. The molecule has 8 heteroatoms. The standard InChI is InChI=1S/C26H19F3N2O3/c1-26(2,9-10-30)24-23(14-3-6-18(25(33)34)22(32)11-14)17-7-4-15(27)12-21(17)31(24)16-5-8-19(28)20(29)13-16/h3-8,11-13,32H,9H2,1-2H3,(H,33,34). The maximum absolute atomic E-state index is 14.4. The highest BCUT2D eigenvalue weighted by atomic mass is 19.2. The fourth-order valence-electron chi connectivity index (χ4n) is 4.24. The molecule has 0 saturated heterocycles. The highest BCUT2D eigenvalue weighted by Gasteiger charge is 2.32. The number of rotatable bonds is 5. The van der Waals surface area contributed by atoms with Crippen molar-refractivity contribution in [3.05, 3.63) is 83.3 Å². The number of nitriles is 1. The van der Waals surface area contributed by atoms with Gasteiger partial charge in [-0.3, -0.25) is 0 Å².